The van der Waals surface area contributed by atoms with Gasteiger partial charge in [0, 0.05) is 18.8 Å². The number of rotatable bonds is 7. The summed E-state index contributed by atoms with van der Waals surface area (Å²) in [5, 5.41) is 16.1. The molecule has 6 nitrogen and oxygen atoms in total. The smallest absolute Gasteiger partial charge is 0.422 e. The number of fused-ring (bicyclic) bond motifs is 1. The molecule has 1 unspecified atom stereocenters. The van der Waals surface area contributed by atoms with Crippen molar-refractivity contribution in [3.8, 4) is 16.9 Å². The van der Waals surface area contributed by atoms with Crippen LogP contribution in [0.25, 0.3) is 11.1 Å². The number of carboxylic acids is 1. The molecule has 184 valence electrons. The highest BCUT2D eigenvalue weighted by Gasteiger charge is 2.28. The summed E-state index contributed by atoms with van der Waals surface area (Å²) in [5.74, 6) is -0.817. The number of hydrogen-bond donors (Lipinski definition) is 3. The molecule has 0 amide bonds. The molecule has 2 heterocycles. The van der Waals surface area contributed by atoms with Crippen molar-refractivity contribution in [1.29, 1.82) is 0 Å². The lowest BCUT2D eigenvalue weighted by atomic mass is 9.88. The zero-order valence-corrected chi connectivity index (χ0v) is 19.4. The van der Waals surface area contributed by atoms with Gasteiger partial charge in [-0.05, 0) is 78.4 Å². The number of aryl methyl sites for hydroxylation is 2. The first kappa shape index (κ1) is 24.5. The predicted molar refractivity (Wildman–Crippen MR) is 127 cm³/mol. The summed E-state index contributed by atoms with van der Waals surface area (Å²) in [6.45, 7) is 3.67. The molecule has 1 aliphatic heterocycles. The summed E-state index contributed by atoms with van der Waals surface area (Å²) in [6, 6.07) is 10.9. The van der Waals surface area contributed by atoms with Crippen molar-refractivity contribution in [1.82, 2.24) is 10.3 Å². The number of aromatic nitrogens is 1. The summed E-state index contributed by atoms with van der Waals surface area (Å²) in [5.41, 5.74) is 6.57. The summed E-state index contributed by atoms with van der Waals surface area (Å²) in [6.07, 6.45) is -0.602. The van der Waals surface area contributed by atoms with Gasteiger partial charge < -0.3 is 20.5 Å². The number of hydrogen-bond acceptors (Lipinski definition) is 5. The molecule has 1 aliphatic rings. The van der Waals surface area contributed by atoms with Crippen LogP contribution >= 0.6 is 0 Å². The predicted octanol–water partition coefficient (Wildman–Crippen LogP) is 5.30. The molecule has 0 aliphatic carbocycles. The van der Waals surface area contributed by atoms with E-state index in [0.717, 1.165) is 40.8 Å². The number of benzene rings is 2. The van der Waals surface area contributed by atoms with E-state index in [4.69, 9.17) is 4.74 Å². The Morgan fingerprint density at radius 1 is 1.20 bits per heavy atom. The van der Waals surface area contributed by atoms with E-state index >= 15 is 0 Å². The van der Waals surface area contributed by atoms with E-state index in [2.05, 4.69) is 27.8 Å². The van der Waals surface area contributed by atoms with Gasteiger partial charge in [0.1, 0.15) is 5.75 Å². The molecule has 35 heavy (non-hydrogen) atoms. The molecule has 1 aromatic heterocycles. The normalized spacial score (nSPS) is 15.4. The summed E-state index contributed by atoms with van der Waals surface area (Å²) in [4.78, 5) is 15.5. The van der Waals surface area contributed by atoms with Crippen LogP contribution < -0.4 is 15.4 Å². The van der Waals surface area contributed by atoms with Crippen LogP contribution in [0.15, 0.2) is 48.8 Å². The number of ether oxygens (including phenoxy) is 1. The van der Waals surface area contributed by atoms with E-state index in [-0.39, 0.29) is 17.4 Å². The van der Waals surface area contributed by atoms with Gasteiger partial charge >= 0.3 is 12.1 Å². The number of anilines is 1. The highest BCUT2D eigenvalue weighted by Crippen LogP contribution is 2.35. The first-order valence-electron chi connectivity index (χ1n) is 11.2. The number of nitrogens with zero attached hydrogens (tertiary/aromatic N) is 1. The molecular formula is C26H26F3N3O3. The minimum absolute atomic E-state index is 0.0185. The van der Waals surface area contributed by atoms with Crippen LogP contribution in [0.3, 0.4) is 0 Å². The topological polar surface area (TPSA) is 83.5 Å². The van der Waals surface area contributed by atoms with Gasteiger partial charge in [0.2, 0.25) is 0 Å². The molecular weight excluding hydrogens is 459 g/mol. The Morgan fingerprint density at radius 3 is 2.63 bits per heavy atom. The minimum Gasteiger partial charge on any atom is -0.484 e. The van der Waals surface area contributed by atoms with Crippen LogP contribution in [-0.2, 0) is 6.42 Å². The zero-order valence-electron chi connectivity index (χ0n) is 19.4. The molecule has 0 saturated carbocycles. The average molecular weight is 486 g/mol. The SMILES string of the molecule is Cc1cc(OCC(F)(F)F)cc(C)c1-c1ccc2c(c1)CCNC2CNc1cnccc1C(=O)O. The van der Waals surface area contributed by atoms with Crippen molar-refractivity contribution >= 4 is 11.7 Å². The first-order chi connectivity index (χ1) is 16.6. The Bertz CT molecular complexity index is 1220. The third-order valence-corrected chi connectivity index (χ3v) is 6.05. The molecule has 2 aromatic carbocycles. The maximum Gasteiger partial charge on any atom is 0.422 e. The highest BCUT2D eigenvalue weighted by atomic mass is 19.4. The minimum atomic E-state index is -4.38. The van der Waals surface area contributed by atoms with Gasteiger partial charge in [-0.1, -0.05) is 18.2 Å². The van der Waals surface area contributed by atoms with E-state index < -0.39 is 18.8 Å². The van der Waals surface area contributed by atoms with Gasteiger partial charge in [-0.3, -0.25) is 4.98 Å². The van der Waals surface area contributed by atoms with Crippen molar-refractivity contribution in [3.05, 3.63) is 76.6 Å². The lowest BCUT2D eigenvalue weighted by Crippen LogP contribution is -2.34. The summed E-state index contributed by atoms with van der Waals surface area (Å²) in [7, 11) is 0. The van der Waals surface area contributed by atoms with E-state index in [9.17, 15) is 23.1 Å². The molecule has 4 rings (SSSR count). The monoisotopic (exact) mass is 485 g/mol. The number of carboxylic acid groups (broad SMARTS) is 1. The standard InChI is InChI=1S/C26H26F3N3O3/c1-15-9-19(35-14-26(27,28)29)10-16(2)24(15)18-3-4-20-17(11-18)5-8-31-23(20)13-32-22-12-30-7-6-21(22)25(33)34/h3-4,6-7,9-12,23,31-32H,5,8,13-14H2,1-2H3,(H,33,34). The van der Waals surface area contributed by atoms with Crippen LogP contribution in [-0.4, -0.2) is 41.9 Å². The molecule has 0 fully saturated rings. The molecule has 3 N–H and O–H groups in total. The number of nitrogens with one attached hydrogen (secondary N) is 2. The second kappa shape index (κ2) is 9.95. The molecule has 0 bridgehead atoms. The summed E-state index contributed by atoms with van der Waals surface area (Å²) >= 11 is 0. The van der Waals surface area contributed by atoms with Gasteiger partial charge in [-0.25, -0.2) is 4.79 Å². The second-order valence-electron chi connectivity index (χ2n) is 8.61. The number of alkyl halides is 3. The Labute approximate surface area is 201 Å². The third-order valence-electron chi connectivity index (χ3n) is 6.05. The fourth-order valence-electron chi connectivity index (χ4n) is 4.55. The second-order valence-corrected chi connectivity index (χ2v) is 8.61. The molecule has 0 radical (unpaired) electrons. The third kappa shape index (κ3) is 5.74. The van der Waals surface area contributed by atoms with Crippen LogP contribution in [0.4, 0.5) is 18.9 Å². The largest absolute Gasteiger partial charge is 0.484 e. The first-order valence-corrected chi connectivity index (χ1v) is 11.2. The quantitative estimate of drug-likeness (QED) is 0.421. The fraction of sp³-hybridized carbons (Fsp3) is 0.308. The maximum absolute atomic E-state index is 12.5. The van der Waals surface area contributed by atoms with Gasteiger partial charge in [0.15, 0.2) is 6.61 Å². The van der Waals surface area contributed by atoms with Crippen molar-refractivity contribution in [2.24, 2.45) is 0 Å². The lowest BCUT2D eigenvalue weighted by molar-refractivity contribution is -0.153. The Kier molecular flexibility index (Phi) is 6.98. The number of carbonyl (C=O) groups is 1. The highest BCUT2D eigenvalue weighted by molar-refractivity contribution is 5.93. The van der Waals surface area contributed by atoms with E-state index in [0.29, 0.717) is 12.2 Å². The number of pyridine rings is 1. The number of halogens is 3. The Morgan fingerprint density at radius 2 is 1.94 bits per heavy atom. The fourth-order valence-corrected chi connectivity index (χ4v) is 4.55. The molecule has 1 atom stereocenters. The molecule has 0 spiro atoms. The van der Waals surface area contributed by atoms with Crippen LogP contribution in [0.1, 0.15) is 38.7 Å². The molecule has 3 aromatic rings. The molecule has 9 heteroatoms. The Hall–Kier alpha value is -3.59. The van der Waals surface area contributed by atoms with Gasteiger partial charge in [0.25, 0.3) is 0 Å². The Balaban J connectivity index is 1.55. The number of aromatic carboxylic acids is 1. The van der Waals surface area contributed by atoms with Crippen molar-refractivity contribution in [2.75, 3.05) is 25.0 Å². The van der Waals surface area contributed by atoms with Crippen molar-refractivity contribution in [3.63, 3.8) is 0 Å². The van der Waals surface area contributed by atoms with E-state index in [1.54, 1.807) is 12.1 Å². The summed E-state index contributed by atoms with van der Waals surface area (Å²) < 4.78 is 42.5. The van der Waals surface area contributed by atoms with Gasteiger partial charge in [0.05, 0.1) is 17.4 Å². The van der Waals surface area contributed by atoms with Crippen LogP contribution in [0.5, 0.6) is 5.75 Å². The van der Waals surface area contributed by atoms with Crippen LogP contribution in [0, 0.1) is 13.8 Å². The molecule has 0 saturated heterocycles. The van der Waals surface area contributed by atoms with Gasteiger partial charge in [-0.2, -0.15) is 13.2 Å². The lowest BCUT2D eigenvalue weighted by Gasteiger charge is -2.28. The van der Waals surface area contributed by atoms with Crippen molar-refractivity contribution in [2.45, 2.75) is 32.5 Å². The van der Waals surface area contributed by atoms with Crippen LogP contribution in [0.2, 0.25) is 0 Å². The average Bonchev–Trinajstić information content (AvgIpc) is 2.80. The van der Waals surface area contributed by atoms with Crippen molar-refractivity contribution < 1.29 is 27.8 Å². The van der Waals surface area contributed by atoms with E-state index in [1.165, 1.54) is 24.0 Å². The maximum atomic E-state index is 12.5. The van der Waals surface area contributed by atoms with E-state index in [1.807, 2.05) is 19.9 Å². The zero-order chi connectivity index (χ0) is 25.2. The van der Waals surface area contributed by atoms with Gasteiger partial charge in [-0.15, -0.1) is 0 Å².